The lowest BCUT2D eigenvalue weighted by Crippen LogP contribution is -2.27. The van der Waals surface area contributed by atoms with E-state index < -0.39 is 10.7 Å². The van der Waals surface area contributed by atoms with Crippen molar-refractivity contribution in [3.05, 3.63) is 39.7 Å². The second-order valence-corrected chi connectivity index (χ2v) is 4.72. The Kier molecular flexibility index (Phi) is 4.81. The molecular weight excluding hydrogens is 251 g/mol. The molecule has 6 heteroatoms. The Labute approximate surface area is 110 Å². The topological polar surface area (TPSA) is 64.4 Å². The van der Waals surface area contributed by atoms with Gasteiger partial charge in [-0.3, -0.25) is 10.1 Å². The molecule has 1 N–H and O–H groups in total. The first kappa shape index (κ1) is 13.9. The number of rotatable bonds is 5. The summed E-state index contributed by atoms with van der Waals surface area (Å²) in [4.78, 5) is 10.4. The maximum absolute atomic E-state index is 13.1. The lowest BCUT2D eigenvalue weighted by atomic mass is 10.0. The first-order chi connectivity index (χ1) is 9.16. The molecule has 1 aliphatic rings. The Hall–Kier alpha value is -1.53. The van der Waals surface area contributed by atoms with E-state index >= 15 is 0 Å². The Balaban J connectivity index is 1.91. The fourth-order valence-corrected chi connectivity index (χ4v) is 2.24. The molecule has 19 heavy (non-hydrogen) atoms. The van der Waals surface area contributed by atoms with Crippen molar-refractivity contribution in [2.45, 2.75) is 19.4 Å². The summed E-state index contributed by atoms with van der Waals surface area (Å²) in [5, 5.41) is 14.0. The Bertz CT molecular complexity index is 448. The molecule has 0 radical (unpaired) electrons. The van der Waals surface area contributed by atoms with Crippen molar-refractivity contribution < 1.29 is 14.1 Å². The average Bonchev–Trinajstić information content (AvgIpc) is 2.39. The van der Waals surface area contributed by atoms with E-state index in [9.17, 15) is 14.5 Å². The van der Waals surface area contributed by atoms with E-state index in [1.165, 1.54) is 12.1 Å². The second kappa shape index (κ2) is 6.58. The van der Waals surface area contributed by atoms with Crippen molar-refractivity contribution in [2.75, 3.05) is 19.8 Å². The van der Waals surface area contributed by atoms with Crippen LogP contribution in [0.2, 0.25) is 0 Å². The summed E-state index contributed by atoms with van der Waals surface area (Å²) in [5.74, 6) is 0.0785. The van der Waals surface area contributed by atoms with E-state index in [1.807, 2.05) is 0 Å². The largest absolute Gasteiger partial charge is 0.381 e. The van der Waals surface area contributed by atoms with Gasteiger partial charge in [0.25, 0.3) is 5.69 Å². The number of hydrogen-bond donors (Lipinski definition) is 1. The van der Waals surface area contributed by atoms with Crippen LogP contribution in [-0.4, -0.2) is 24.7 Å². The highest BCUT2D eigenvalue weighted by atomic mass is 19.1. The van der Waals surface area contributed by atoms with Crippen LogP contribution >= 0.6 is 0 Å². The van der Waals surface area contributed by atoms with E-state index in [2.05, 4.69) is 5.32 Å². The SMILES string of the molecule is O=[N+]([O-])c1ccc(F)cc1CNCC1CCOCC1. The van der Waals surface area contributed by atoms with E-state index in [4.69, 9.17) is 4.74 Å². The Morgan fingerprint density at radius 2 is 2.16 bits per heavy atom. The van der Waals surface area contributed by atoms with E-state index in [1.54, 1.807) is 0 Å². The molecule has 0 saturated carbocycles. The first-order valence-corrected chi connectivity index (χ1v) is 6.38. The third-order valence-electron chi connectivity index (χ3n) is 3.33. The molecule has 1 heterocycles. The lowest BCUT2D eigenvalue weighted by molar-refractivity contribution is -0.385. The second-order valence-electron chi connectivity index (χ2n) is 4.72. The van der Waals surface area contributed by atoms with Gasteiger partial charge in [-0.2, -0.15) is 0 Å². The van der Waals surface area contributed by atoms with E-state index in [0.29, 0.717) is 18.0 Å². The number of nitro groups is 1. The third-order valence-corrected chi connectivity index (χ3v) is 3.33. The monoisotopic (exact) mass is 268 g/mol. The minimum absolute atomic E-state index is 0.0409. The number of benzene rings is 1. The summed E-state index contributed by atoms with van der Waals surface area (Å²) in [6.45, 7) is 2.63. The fourth-order valence-electron chi connectivity index (χ4n) is 2.24. The van der Waals surface area contributed by atoms with Crippen LogP contribution < -0.4 is 5.32 Å². The zero-order valence-corrected chi connectivity index (χ0v) is 10.6. The van der Waals surface area contributed by atoms with Crippen molar-refractivity contribution in [3.63, 3.8) is 0 Å². The molecule has 5 nitrogen and oxygen atoms in total. The van der Waals surface area contributed by atoms with Gasteiger partial charge in [-0.15, -0.1) is 0 Å². The van der Waals surface area contributed by atoms with Gasteiger partial charge in [0.05, 0.1) is 4.92 Å². The zero-order chi connectivity index (χ0) is 13.7. The highest BCUT2D eigenvalue weighted by Gasteiger charge is 2.16. The van der Waals surface area contributed by atoms with Gasteiger partial charge >= 0.3 is 0 Å². The molecule has 0 aromatic heterocycles. The molecule has 1 aliphatic heterocycles. The van der Waals surface area contributed by atoms with Gasteiger partial charge in [-0.05, 0) is 37.4 Å². The number of nitro benzene ring substituents is 1. The number of hydrogen-bond acceptors (Lipinski definition) is 4. The van der Waals surface area contributed by atoms with Gasteiger partial charge < -0.3 is 10.1 Å². The zero-order valence-electron chi connectivity index (χ0n) is 10.6. The highest BCUT2D eigenvalue weighted by molar-refractivity contribution is 5.40. The van der Waals surface area contributed by atoms with Crippen LogP contribution in [0.15, 0.2) is 18.2 Å². The molecule has 1 aromatic carbocycles. The molecule has 0 aliphatic carbocycles. The van der Waals surface area contributed by atoms with Crippen molar-refractivity contribution in [1.82, 2.24) is 5.32 Å². The van der Waals surface area contributed by atoms with Gasteiger partial charge in [0.1, 0.15) is 5.82 Å². The minimum atomic E-state index is -0.481. The molecule has 0 atom stereocenters. The maximum atomic E-state index is 13.1. The van der Waals surface area contributed by atoms with Crippen molar-refractivity contribution >= 4 is 5.69 Å². The molecule has 2 rings (SSSR count). The minimum Gasteiger partial charge on any atom is -0.381 e. The van der Waals surface area contributed by atoms with Crippen molar-refractivity contribution in [3.8, 4) is 0 Å². The van der Waals surface area contributed by atoms with Crippen molar-refractivity contribution in [1.29, 1.82) is 0 Å². The molecule has 0 bridgehead atoms. The van der Waals surface area contributed by atoms with Gasteiger partial charge in [-0.25, -0.2) is 4.39 Å². The summed E-state index contributed by atoms with van der Waals surface area (Å²) < 4.78 is 18.4. The standard InChI is InChI=1S/C13H17FN2O3/c14-12-1-2-13(16(17)18)11(7-12)9-15-8-10-3-5-19-6-4-10/h1-2,7,10,15H,3-6,8-9H2. The fraction of sp³-hybridized carbons (Fsp3) is 0.538. The molecule has 0 unspecified atom stereocenters. The molecule has 1 saturated heterocycles. The summed E-state index contributed by atoms with van der Waals surface area (Å²) >= 11 is 0. The first-order valence-electron chi connectivity index (χ1n) is 6.38. The van der Waals surface area contributed by atoms with Crippen LogP contribution in [0.1, 0.15) is 18.4 Å². The third kappa shape index (κ3) is 3.97. The van der Waals surface area contributed by atoms with Crippen LogP contribution in [0, 0.1) is 21.8 Å². The molecule has 1 fully saturated rings. The van der Waals surface area contributed by atoms with Crippen LogP contribution in [0.5, 0.6) is 0 Å². The van der Waals surface area contributed by atoms with E-state index in [-0.39, 0.29) is 5.69 Å². The summed E-state index contributed by atoms with van der Waals surface area (Å²) in [7, 11) is 0. The molecule has 104 valence electrons. The Morgan fingerprint density at radius 1 is 1.42 bits per heavy atom. The molecule has 0 amide bonds. The normalized spacial score (nSPS) is 16.5. The summed E-state index contributed by atoms with van der Waals surface area (Å²) in [5.41, 5.74) is 0.345. The quantitative estimate of drug-likeness (QED) is 0.657. The predicted molar refractivity (Wildman–Crippen MR) is 68.3 cm³/mol. The van der Waals surface area contributed by atoms with Crippen LogP contribution in [-0.2, 0) is 11.3 Å². The van der Waals surface area contributed by atoms with Gasteiger partial charge in [0.15, 0.2) is 0 Å². The van der Waals surface area contributed by atoms with Gasteiger partial charge in [0, 0.05) is 31.4 Å². The maximum Gasteiger partial charge on any atom is 0.274 e. The van der Waals surface area contributed by atoms with Crippen LogP contribution in [0.4, 0.5) is 10.1 Å². The molecule has 0 spiro atoms. The number of halogens is 1. The number of ether oxygens (including phenoxy) is 1. The van der Waals surface area contributed by atoms with E-state index in [0.717, 1.165) is 38.7 Å². The highest BCUT2D eigenvalue weighted by Crippen LogP contribution is 2.20. The van der Waals surface area contributed by atoms with Crippen LogP contribution in [0.3, 0.4) is 0 Å². The molecular formula is C13H17FN2O3. The summed E-state index contributed by atoms with van der Waals surface area (Å²) in [6, 6.07) is 3.54. The lowest BCUT2D eigenvalue weighted by Gasteiger charge is -2.22. The van der Waals surface area contributed by atoms with Gasteiger partial charge in [-0.1, -0.05) is 0 Å². The van der Waals surface area contributed by atoms with Crippen LogP contribution in [0.25, 0.3) is 0 Å². The number of nitrogens with zero attached hydrogens (tertiary/aromatic N) is 1. The average molecular weight is 268 g/mol. The van der Waals surface area contributed by atoms with Gasteiger partial charge in [0.2, 0.25) is 0 Å². The smallest absolute Gasteiger partial charge is 0.274 e. The number of nitrogens with one attached hydrogen (secondary N) is 1. The molecule has 1 aromatic rings. The Morgan fingerprint density at radius 3 is 2.84 bits per heavy atom. The summed E-state index contributed by atoms with van der Waals surface area (Å²) in [6.07, 6.45) is 2.00. The predicted octanol–water partition coefficient (Wildman–Crippen LogP) is 2.25. The van der Waals surface area contributed by atoms with Crippen molar-refractivity contribution in [2.24, 2.45) is 5.92 Å².